The predicted molar refractivity (Wildman–Crippen MR) is 98.8 cm³/mol. The van der Waals surface area contributed by atoms with Gasteiger partial charge in [-0.05, 0) is 37.8 Å². The number of piperidine rings is 1. The van der Waals surface area contributed by atoms with E-state index in [9.17, 15) is 13.2 Å². The number of likely N-dealkylation sites (tertiary alicyclic amines) is 1. The number of hydrogen-bond acceptors (Lipinski definition) is 6. The number of sulfonamides is 1. The van der Waals surface area contributed by atoms with E-state index in [1.165, 1.54) is 0 Å². The molecule has 3 heterocycles. The third-order valence-corrected chi connectivity index (χ3v) is 6.66. The van der Waals surface area contributed by atoms with Gasteiger partial charge < -0.3 is 14.6 Å². The molecule has 0 saturated carbocycles. The molecule has 144 valence electrons. The Labute approximate surface area is 158 Å². The van der Waals surface area contributed by atoms with E-state index >= 15 is 0 Å². The summed E-state index contributed by atoms with van der Waals surface area (Å²) >= 11 is 0. The van der Waals surface area contributed by atoms with E-state index in [4.69, 9.17) is 4.42 Å². The van der Waals surface area contributed by atoms with Crippen LogP contribution in [0.4, 0.5) is 5.69 Å². The first-order valence-corrected chi connectivity index (χ1v) is 10.4. The molecule has 0 spiro atoms. The second-order valence-corrected chi connectivity index (χ2v) is 8.70. The minimum atomic E-state index is -3.53. The van der Waals surface area contributed by atoms with Crippen molar-refractivity contribution < 1.29 is 17.6 Å². The summed E-state index contributed by atoms with van der Waals surface area (Å²) in [6.45, 7) is 4.57. The van der Waals surface area contributed by atoms with Gasteiger partial charge in [-0.15, -0.1) is 0 Å². The van der Waals surface area contributed by atoms with Crippen molar-refractivity contribution in [1.82, 2.24) is 14.6 Å². The van der Waals surface area contributed by atoms with Gasteiger partial charge in [0, 0.05) is 20.0 Å². The van der Waals surface area contributed by atoms with E-state index in [-0.39, 0.29) is 28.6 Å². The highest BCUT2D eigenvalue weighted by Crippen LogP contribution is 2.31. The van der Waals surface area contributed by atoms with Crippen LogP contribution in [-0.2, 0) is 10.0 Å². The van der Waals surface area contributed by atoms with Crippen LogP contribution >= 0.6 is 0 Å². The first-order chi connectivity index (χ1) is 12.8. The van der Waals surface area contributed by atoms with Gasteiger partial charge in [0.2, 0.25) is 15.8 Å². The number of aromatic nitrogens is 1. The highest BCUT2D eigenvalue weighted by Gasteiger charge is 2.36. The number of carbonyl (C=O) groups is 1. The molecule has 0 unspecified atom stereocenters. The van der Waals surface area contributed by atoms with E-state index in [0.29, 0.717) is 43.2 Å². The van der Waals surface area contributed by atoms with E-state index in [0.717, 1.165) is 0 Å². The highest BCUT2D eigenvalue weighted by molar-refractivity contribution is 7.89. The van der Waals surface area contributed by atoms with Crippen molar-refractivity contribution in [2.45, 2.75) is 37.8 Å². The van der Waals surface area contributed by atoms with Crippen LogP contribution < -0.4 is 10.0 Å². The Morgan fingerprint density at radius 2 is 1.93 bits per heavy atom. The SMILES string of the molecule is Cc1nc(C)c(C(=O)N2CCC([C@@H]3Nc4ccccc4S(=O)(=O)N3)CC2)o1. The summed E-state index contributed by atoms with van der Waals surface area (Å²) in [5.41, 5.74) is 1.21. The molecular formula is C18H22N4O4S. The molecule has 4 rings (SSSR count). The van der Waals surface area contributed by atoms with Crippen LogP contribution in [0.2, 0.25) is 0 Å². The largest absolute Gasteiger partial charge is 0.436 e. The van der Waals surface area contributed by atoms with E-state index in [2.05, 4.69) is 15.0 Å². The number of fused-ring (bicyclic) bond motifs is 1. The van der Waals surface area contributed by atoms with Gasteiger partial charge in [0.25, 0.3) is 5.91 Å². The standard InChI is InChI=1S/C18H22N4O4S/c1-11-16(26-12(2)19-11)18(23)22-9-7-13(8-10-22)17-20-14-5-3-4-6-15(14)27(24,25)21-17/h3-6,13,17,20-21H,7-10H2,1-2H3/t17-/m1/s1. The molecule has 2 aliphatic heterocycles. The average Bonchev–Trinajstić information content (AvgIpc) is 2.99. The molecule has 1 aromatic carbocycles. The molecule has 2 aliphatic rings. The lowest BCUT2D eigenvalue weighted by atomic mass is 9.93. The average molecular weight is 390 g/mol. The Bertz CT molecular complexity index is 977. The van der Waals surface area contributed by atoms with Gasteiger partial charge in [-0.2, -0.15) is 4.72 Å². The maximum atomic E-state index is 12.6. The number of anilines is 1. The predicted octanol–water partition coefficient (Wildman–Crippen LogP) is 1.87. The molecule has 9 heteroatoms. The van der Waals surface area contributed by atoms with Crippen LogP contribution in [0.25, 0.3) is 0 Å². The molecule has 1 fully saturated rings. The van der Waals surface area contributed by atoms with Crippen molar-refractivity contribution >= 4 is 21.6 Å². The molecule has 1 atom stereocenters. The van der Waals surface area contributed by atoms with Gasteiger partial charge in [0.15, 0.2) is 5.89 Å². The summed E-state index contributed by atoms with van der Waals surface area (Å²) in [5.74, 6) is 0.699. The van der Waals surface area contributed by atoms with Gasteiger partial charge >= 0.3 is 0 Å². The quantitative estimate of drug-likeness (QED) is 0.811. The zero-order valence-corrected chi connectivity index (χ0v) is 16.0. The molecule has 0 radical (unpaired) electrons. The first-order valence-electron chi connectivity index (χ1n) is 8.96. The number of oxazole rings is 1. The molecule has 1 saturated heterocycles. The Morgan fingerprint density at radius 1 is 1.22 bits per heavy atom. The Kier molecular flexibility index (Phi) is 4.43. The second kappa shape index (κ2) is 6.65. The molecule has 0 bridgehead atoms. The van der Waals surface area contributed by atoms with Gasteiger partial charge in [0.05, 0.1) is 17.5 Å². The number of amides is 1. The number of hydrogen-bond donors (Lipinski definition) is 2. The fourth-order valence-electron chi connectivity index (χ4n) is 3.77. The maximum absolute atomic E-state index is 12.6. The summed E-state index contributed by atoms with van der Waals surface area (Å²) in [6.07, 6.45) is 1.01. The summed E-state index contributed by atoms with van der Waals surface area (Å²) in [5, 5.41) is 3.29. The Morgan fingerprint density at radius 3 is 2.59 bits per heavy atom. The molecule has 0 aliphatic carbocycles. The van der Waals surface area contributed by atoms with Crippen molar-refractivity contribution in [2.24, 2.45) is 5.92 Å². The number of benzene rings is 1. The lowest BCUT2D eigenvalue weighted by molar-refractivity contribution is 0.0645. The monoisotopic (exact) mass is 390 g/mol. The Hall–Kier alpha value is -2.39. The van der Waals surface area contributed by atoms with Crippen LogP contribution in [0.15, 0.2) is 33.6 Å². The van der Waals surface area contributed by atoms with E-state index in [1.54, 1.807) is 36.9 Å². The fraction of sp³-hybridized carbons (Fsp3) is 0.444. The highest BCUT2D eigenvalue weighted by atomic mass is 32.2. The minimum absolute atomic E-state index is 0.0924. The number of rotatable bonds is 2. The number of nitrogens with zero attached hydrogens (tertiary/aromatic N) is 2. The molecule has 27 heavy (non-hydrogen) atoms. The van der Waals surface area contributed by atoms with Crippen LogP contribution in [0.3, 0.4) is 0 Å². The van der Waals surface area contributed by atoms with E-state index in [1.807, 2.05) is 6.07 Å². The first kappa shape index (κ1) is 18.0. The fourth-order valence-corrected chi connectivity index (χ4v) is 5.16. The van der Waals surface area contributed by atoms with Gasteiger partial charge in [-0.3, -0.25) is 4.79 Å². The number of carbonyl (C=O) groups excluding carboxylic acids is 1. The van der Waals surface area contributed by atoms with Crippen LogP contribution in [0, 0.1) is 19.8 Å². The summed E-state index contributed by atoms with van der Waals surface area (Å²) < 4.78 is 33.1. The second-order valence-electron chi connectivity index (χ2n) is 7.02. The van der Waals surface area contributed by atoms with Gasteiger partial charge in [-0.25, -0.2) is 13.4 Å². The third kappa shape index (κ3) is 3.32. The summed E-state index contributed by atoms with van der Waals surface area (Å²) in [4.78, 5) is 18.8. The topological polar surface area (TPSA) is 105 Å². The number of nitrogens with one attached hydrogen (secondary N) is 2. The number of aryl methyl sites for hydroxylation is 2. The molecule has 2 N–H and O–H groups in total. The zero-order valence-electron chi connectivity index (χ0n) is 15.2. The van der Waals surface area contributed by atoms with Gasteiger partial charge in [-0.1, -0.05) is 12.1 Å². The molecular weight excluding hydrogens is 368 g/mol. The lowest BCUT2D eigenvalue weighted by Gasteiger charge is -2.38. The summed E-state index contributed by atoms with van der Waals surface area (Å²) in [7, 11) is -3.53. The number of para-hydroxylation sites is 1. The summed E-state index contributed by atoms with van der Waals surface area (Å²) in [6, 6.07) is 6.88. The van der Waals surface area contributed by atoms with Crippen molar-refractivity contribution in [3.05, 3.63) is 41.6 Å². The molecule has 2 aromatic rings. The lowest BCUT2D eigenvalue weighted by Crippen LogP contribution is -2.52. The molecule has 1 aromatic heterocycles. The van der Waals surface area contributed by atoms with Crippen LogP contribution in [-0.4, -0.2) is 43.5 Å². The Balaban J connectivity index is 1.44. The third-order valence-electron chi connectivity index (χ3n) is 5.17. The zero-order chi connectivity index (χ0) is 19.2. The van der Waals surface area contributed by atoms with Crippen molar-refractivity contribution in [1.29, 1.82) is 0 Å². The maximum Gasteiger partial charge on any atom is 0.291 e. The van der Waals surface area contributed by atoms with Gasteiger partial charge in [0.1, 0.15) is 4.90 Å². The smallest absolute Gasteiger partial charge is 0.291 e. The van der Waals surface area contributed by atoms with Crippen molar-refractivity contribution in [2.75, 3.05) is 18.4 Å². The van der Waals surface area contributed by atoms with Crippen molar-refractivity contribution in [3.63, 3.8) is 0 Å². The van der Waals surface area contributed by atoms with Crippen LogP contribution in [0.1, 0.15) is 35.0 Å². The minimum Gasteiger partial charge on any atom is -0.436 e. The normalized spacial score (nSPS) is 22.1. The van der Waals surface area contributed by atoms with E-state index < -0.39 is 10.0 Å². The molecule has 1 amide bonds. The van der Waals surface area contributed by atoms with Crippen LogP contribution in [0.5, 0.6) is 0 Å². The molecule has 8 nitrogen and oxygen atoms in total. The van der Waals surface area contributed by atoms with Crippen molar-refractivity contribution in [3.8, 4) is 0 Å².